The molecule has 2 nitrogen and oxygen atoms in total. The maximum absolute atomic E-state index is 6.32. The van der Waals surface area contributed by atoms with Crippen molar-refractivity contribution in [3.63, 3.8) is 0 Å². The normalized spacial score (nSPS) is 12.2. The van der Waals surface area contributed by atoms with E-state index in [2.05, 4.69) is 29.3 Å². The molecule has 1 aromatic carbocycles. The zero-order valence-electron chi connectivity index (χ0n) is 10.8. The van der Waals surface area contributed by atoms with Crippen LogP contribution in [0.5, 0.6) is 0 Å². The second-order valence-electron chi connectivity index (χ2n) is 4.33. The molecule has 0 aliphatic heterocycles. The number of thiocarbonyl (C=S) groups is 1. The number of nitrogens with zero attached hydrogens (tertiary/aromatic N) is 1. The topological polar surface area (TPSA) is 29.3 Å². The molecule has 0 aliphatic carbocycles. The van der Waals surface area contributed by atoms with Gasteiger partial charge in [0.25, 0.3) is 0 Å². The van der Waals surface area contributed by atoms with Gasteiger partial charge in [0.1, 0.15) is 4.99 Å². The molecule has 1 atom stereocenters. The summed E-state index contributed by atoms with van der Waals surface area (Å²) in [7, 11) is 2.03. The van der Waals surface area contributed by atoms with E-state index in [9.17, 15) is 0 Å². The molecule has 0 radical (unpaired) electrons. The van der Waals surface area contributed by atoms with E-state index in [1.165, 1.54) is 4.88 Å². The Bertz CT molecular complexity index is 581. The smallest absolute Gasteiger partial charge is 0.104 e. The fourth-order valence-electron chi connectivity index (χ4n) is 1.87. The van der Waals surface area contributed by atoms with E-state index in [1.54, 1.807) is 11.3 Å². The van der Waals surface area contributed by atoms with Crippen molar-refractivity contribution in [2.24, 2.45) is 5.73 Å². The van der Waals surface area contributed by atoms with Gasteiger partial charge in [-0.3, -0.25) is 0 Å². The van der Waals surface area contributed by atoms with Crippen molar-refractivity contribution in [2.75, 3.05) is 11.9 Å². The largest absolute Gasteiger partial charge is 0.389 e. The number of halogens is 1. The lowest BCUT2D eigenvalue weighted by atomic mass is 10.1. The zero-order valence-corrected chi connectivity index (χ0v) is 13.1. The van der Waals surface area contributed by atoms with Crippen molar-refractivity contribution in [1.82, 2.24) is 0 Å². The summed E-state index contributed by atoms with van der Waals surface area (Å²) in [5, 5.41) is 2.74. The molecule has 100 valence electrons. The average Bonchev–Trinajstić information content (AvgIpc) is 2.90. The maximum Gasteiger partial charge on any atom is 0.104 e. The standard InChI is InChI=1S/C14H15ClN2S2/c1-9(13-4-3-7-19-13)17(2)12-6-5-10(14(16)18)8-11(12)15/h3-9H,1-2H3,(H2,16,18). The van der Waals surface area contributed by atoms with Crippen LogP contribution in [0.1, 0.15) is 23.4 Å². The molecule has 0 bridgehead atoms. The number of thiophene rings is 1. The Morgan fingerprint density at radius 1 is 1.42 bits per heavy atom. The van der Waals surface area contributed by atoms with Gasteiger partial charge in [0.2, 0.25) is 0 Å². The Morgan fingerprint density at radius 2 is 2.16 bits per heavy atom. The molecule has 1 aromatic heterocycles. The lowest BCUT2D eigenvalue weighted by molar-refractivity contribution is 0.754. The third kappa shape index (κ3) is 3.08. The van der Waals surface area contributed by atoms with Crippen LogP contribution in [0.3, 0.4) is 0 Å². The quantitative estimate of drug-likeness (QED) is 0.857. The van der Waals surface area contributed by atoms with Crippen molar-refractivity contribution in [3.05, 3.63) is 51.2 Å². The van der Waals surface area contributed by atoms with Gasteiger partial charge in [-0.15, -0.1) is 11.3 Å². The molecule has 1 heterocycles. The SMILES string of the molecule is CC(c1cccs1)N(C)c1ccc(C(N)=S)cc1Cl. The summed E-state index contributed by atoms with van der Waals surface area (Å²) in [5.41, 5.74) is 7.37. The van der Waals surface area contributed by atoms with Crippen molar-refractivity contribution in [1.29, 1.82) is 0 Å². The van der Waals surface area contributed by atoms with Crippen LogP contribution in [-0.2, 0) is 0 Å². The first-order chi connectivity index (χ1) is 9.00. The van der Waals surface area contributed by atoms with Gasteiger partial charge in [0.05, 0.1) is 16.8 Å². The summed E-state index contributed by atoms with van der Waals surface area (Å²) in [6, 6.07) is 10.1. The Labute approximate surface area is 127 Å². The second-order valence-corrected chi connectivity index (χ2v) is 6.16. The van der Waals surface area contributed by atoms with E-state index >= 15 is 0 Å². The van der Waals surface area contributed by atoms with E-state index in [0.717, 1.165) is 11.3 Å². The average molecular weight is 311 g/mol. The van der Waals surface area contributed by atoms with Gasteiger partial charge in [-0.05, 0) is 36.6 Å². The molecule has 0 fully saturated rings. The number of hydrogen-bond acceptors (Lipinski definition) is 3. The Hall–Kier alpha value is -1.10. The van der Waals surface area contributed by atoms with Gasteiger partial charge in [0.15, 0.2) is 0 Å². The van der Waals surface area contributed by atoms with Crippen LogP contribution in [0.4, 0.5) is 5.69 Å². The van der Waals surface area contributed by atoms with Crippen molar-refractivity contribution in [2.45, 2.75) is 13.0 Å². The first-order valence-electron chi connectivity index (χ1n) is 5.86. The predicted molar refractivity (Wildman–Crippen MR) is 88.5 cm³/mol. The highest BCUT2D eigenvalue weighted by Gasteiger charge is 2.16. The summed E-state index contributed by atoms with van der Waals surface area (Å²) in [6.45, 7) is 2.16. The first-order valence-corrected chi connectivity index (χ1v) is 7.53. The number of benzene rings is 1. The highest BCUT2D eigenvalue weighted by Crippen LogP contribution is 2.33. The van der Waals surface area contributed by atoms with Gasteiger partial charge in [-0.1, -0.05) is 29.9 Å². The number of anilines is 1. The van der Waals surface area contributed by atoms with E-state index in [-0.39, 0.29) is 6.04 Å². The molecule has 0 saturated carbocycles. The molecule has 5 heteroatoms. The third-order valence-corrected chi connectivity index (χ3v) is 4.73. The van der Waals surface area contributed by atoms with Crippen LogP contribution < -0.4 is 10.6 Å². The highest BCUT2D eigenvalue weighted by molar-refractivity contribution is 7.80. The minimum Gasteiger partial charge on any atom is -0.389 e. The van der Waals surface area contributed by atoms with Crippen molar-refractivity contribution in [3.8, 4) is 0 Å². The molecule has 0 saturated heterocycles. The summed E-state index contributed by atoms with van der Waals surface area (Å²) in [5.74, 6) is 0. The minimum atomic E-state index is 0.271. The monoisotopic (exact) mass is 310 g/mol. The number of nitrogens with two attached hydrogens (primary N) is 1. The molecule has 0 spiro atoms. The Morgan fingerprint density at radius 3 is 2.68 bits per heavy atom. The summed E-state index contributed by atoms with van der Waals surface area (Å²) in [6.07, 6.45) is 0. The van der Waals surface area contributed by atoms with Crippen LogP contribution in [0.25, 0.3) is 0 Å². The predicted octanol–water partition coefficient (Wildman–Crippen LogP) is 4.23. The molecule has 19 heavy (non-hydrogen) atoms. The van der Waals surface area contributed by atoms with Crippen LogP contribution in [0, 0.1) is 0 Å². The Kier molecular flexibility index (Phi) is 4.45. The molecule has 2 aromatic rings. The lowest BCUT2D eigenvalue weighted by Gasteiger charge is -2.27. The van der Waals surface area contributed by atoms with Crippen molar-refractivity contribution >= 4 is 45.8 Å². The summed E-state index contributed by atoms with van der Waals surface area (Å²) >= 11 is 13.0. The first kappa shape index (κ1) is 14.3. The van der Waals surface area contributed by atoms with Crippen LogP contribution in [0.15, 0.2) is 35.7 Å². The number of hydrogen-bond donors (Lipinski definition) is 1. The van der Waals surface area contributed by atoms with E-state index in [4.69, 9.17) is 29.6 Å². The summed E-state index contributed by atoms with van der Waals surface area (Å²) in [4.78, 5) is 3.82. The molecule has 2 rings (SSSR count). The summed E-state index contributed by atoms with van der Waals surface area (Å²) < 4.78 is 0. The van der Waals surface area contributed by atoms with E-state index in [0.29, 0.717) is 10.0 Å². The second kappa shape index (κ2) is 5.90. The molecule has 2 N–H and O–H groups in total. The molecule has 1 unspecified atom stereocenters. The van der Waals surface area contributed by atoms with Crippen LogP contribution in [0.2, 0.25) is 5.02 Å². The highest BCUT2D eigenvalue weighted by atomic mass is 35.5. The van der Waals surface area contributed by atoms with Crippen molar-refractivity contribution < 1.29 is 0 Å². The van der Waals surface area contributed by atoms with E-state index in [1.807, 2.05) is 25.2 Å². The third-order valence-electron chi connectivity index (χ3n) is 3.15. The lowest BCUT2D eigenvalue weighted by Crippen LogP contribution is -2.21. The van der Waals surface area contributed by atoms with Crippen LogP contribution >= 0.6 is 35.2 Å². The molecular formula is C14H15ClN2S2. The Balaban J connectivity index is 2.29. The molecule has 0 amide bonds. The molecular weight excluding hydrogens is 296 g/mol. The minimum absolute atomic E-state index is 0.271. The van der Waals surface area contributed by atoms with Crippen LogP contribution in [-0.4, -0.2) is 12.0 Å². The van der Waals surface area contributed by atoms with Gasteiger partial charge < -0.3 is 10.6 Å². The number of rotatable bonds is 4. The van der Waals surface area contributed by atoms with Gasteiger partial charge >= 0.3 is 0 Å². The fraction of sp³-hybridized carbons (Fsp3) is 0.214. The van der Waals surface area contributed by atoms with Gasteiger partial charge in [-0.2, -0.15) is 0 Å². The van der Waals surface area contributed by atoms with Gasteiger partial charge in [0, 0.05) is 17.5 Å². The zero-order chi connectivity index (χ0) is 14.0. The molecule has 0 aliphatic rings. The fourth-order valence-corrected chi connectivity index (χ4v) is 3.14. The maximum atomic E-state index is 6.32. The van der Waals surface area contributed by atoms with E-state index < -0.39 is 0 Å². The van der Waals surface area contributed by atoms with Gasteiger partial charge in [-0.25, -0.2) is 0 Å².